The molecule has 1 N–H and O–H groups in total. The molecule has 0 aromatic carbocycles. The maximum atomic E-state index is 12.6. The smallest absolute Gasteiger partial charge is 0.244 e. The minimum atomic E-state index is -3.41. The van der Waals surface area contributed by atoms with Crippen LogP contribution in [0.2, 0.25) is 0 Å². The fourth-order valence-electron chi connectivity index (χ4n) is 2.26. The van der Waals surface area contributed by atoms with Gasteiger partial charge in [0.15, 0.2) is 0 Å². The van der Waals surface area contributed by atoms with Crippen molar-refractivity contribution < 1.29 is 13.2 Å². The van der Waals surface area contributed by atoms with Crippen LogP contribution in [-0.2, 0) is 28.4 Å². The molecule has 0 atom stereocenters. The van der Waals surface area contributed by atoms with Crippen molar-refractivity contribution in [1.29, 1.82) is 0 Å². The Morgan fingerprint density at radius 3 is 2.90 bits per heavy atom. The van der Waals surface area contributed by atoms with Gasteiger partial charge in [-0.1, -0.05) is 6.92 Å². The maximum Gasteiger partial charge on any atom is 0.244 e. The lowest BCUT2D eigenvalue weighted by Crippen LogP contribution is -2.33. The molecule has 1 aromatic heterocycles. The summed E-state index contributed by atoms with van der Waals surface area (Å²) in [6, 6.07) is 1.75. The zero-order chi connectivity index (χ0) is 14.6. The van der Waals surface area contributed by atoms with E-state index >= 15 is 0 Å². The van der Waals surface area contributed by atoms with Gasteiger partial charge in [-0.3, -0.25) is 0 Å². The highest BCUT2D eigenvalue weighted by molar-refractivity contribution is 7.89. The van der Waals surface area contributed by atoms with Crippen LogP contribution in [0, 0.1) is 0 Å². The second-order valence-electron chi connectivity index (χ2n) is 4.93. The van der Waals surface area contributed by atoms with Crippen molar-refractivity contribution in [3.63, 3.8) is 0 Å². The van der Waals surface area contributed by atoms with Gasteiger partial charge in [-0.15, -0.1) is 0 Å². The van der Waals surface area contributed by atoms with Crippen LogP contribution in [0.25, 0.3) is 0 Å². The SMILES string of the molecule is CCNCc1cc(S(=O)(=O)N2CCCOCC2)cn1C. The van der Waals surface area contributed by atoms with Crippen molar-refractivity contribution in [1.82, 2.24) is 14.2 Å². The van der Waals surface area contributed by atoms with Gasteiger partial charge in [0.25, 0.3) is 0 Å². The summed E-state index contributed by atoms with van der Waals surface area (Å²) in [5, 5.41) is 3.21. The number of rotatable bonds is 5. The van der Waals surface area contributed by atoms with Gasteiger partial charge in [0.05, 0.1) is 6.61 Å². The van der Waals surface area contributed by atoms with E-state index in [9.17, 15) is 8.42 Å². The van der Waals surface area contributed by atoms with Gasteiger partial charge in [0.2, 0.25) is 10.0 Å². The Labute approximate surface area is 120 Å². The van der Waals surface area contributed by atoms with Crippen molar-refractivity contribution in [3.8, 4) is 0 Å². The molecule has 1 saturated heterocycles. The normalized spacial score (nSPS) is 18.1. The minimum Gasteiger partial charge on any atom is -0.380 e. The largest absolute Gasteiger partial charge is 0.380 e. The van der Waals surface area contributed by atoms with Crippen LogP contribution in [-0.4, -0.2) is 50.1 Å². The molecule has 20 heavy (non-hydrogen) atoms. The first-order valence-corrected chi connectivity index (χ1v) is 8.43. The number of hydrogen-bond donors (Lipinski definition) is 1. The van der Waals surface area contributed by atoms with Crippen LogP contribution in [0.5, 0.6) is 0 Å². The lowest BCUT2D eigenvalue weighted by Gasteiger charge is -2.18. The van der Waals surface area contributed by atoms with Gasteiger partial charge in [0, 0.05) is 45.2 Å². The third-order valence-electron chi connectivity index (χ3n) is 3.46. The van der Waals surface area contributed by atoms with Crippen molar-refractivity contribution >= 4 is 10.0 Å². The second-order valence-corrected chi connectivity index (χ2v) is 6.87. The third kappa shape index (κ3) is 3.41. The van der Waals surface area contributed by atoms with Gasteiger partial charge in [0.1, 0.15) is 4.90 Å². The monoisotopic (exact) mass is 301 g/mol. The molecule has 0 spiro atoms. The Bertz CT molecular complexity index is 531. The number of nitrogens with zero attached hydrogens (tertiary/aromatic N) is 2. The van der Waals surface area contributed by atoms with E-state index in [2.05, 4.69) is 5.32 Å². The predicted octanol–water partition coefficient (Wildman–Crippen LogP) is 0.546. The third-order valence-corrected chi connectivity index (χ3v) is 5.32. The minimum absolute atomic E-state index is 0.370. The fraction of sp³-hybridized carbons (Fsp3) is 0.692. The molecule has 114 valence electrons. The summed E-state index contributed by atoms with van der Waals surface area (Å²) in [4.78, 5) is 0.370. The van der Waals surface area contributed by atoms with Gasteiger partial charge in [-0.25, -0.2) is 8.42 Å². The standard InChI is InChI=1S/C13H23N3O3S/c1-3-14-10-12-9-13(11-15(12)2)20(17,18)16-5-4-7-19-8-6-16/h9,11,14H,3-8,10H2,1-2H3. The Kier molecular flexibility index (Phi) is 5.20. The zero-order valence-electron chi connectivity index (χ0n) is 12.1. The average molecular weight is 301 g/mol. The number of hydrogen-bond acceptors (Lipinski definition) is 4. The van der Waals surface area contributed by atoms with Crippen molar-refractivity contribution in [2.75, 3.05) is 32.8 Å². The maximum absolute atomic E-state index is 12.6. The van der Waals surface area contributed by atoms with E-state index in [-0.39, 0.29) is 0 Å². The van der Waals surface area contributed by atoms with E-state index in [0.29, 0.717) is 37.7 Å². The lowest BCUT2D eigenvalue weighted by molar-refractivity contribution is 0.148. The molecule has 0 aliphatic carbocycles. The fourth-order valence-corrected chi connectivity index (χ4v) is 3.82. The van der Waals surface area contributed by atoms with Crippen molar-refractivity contribution in [2.24, 2.45) is 7.05 Å². The predicted molar refractivity (Wildman–Crippen MR) is 77.0 cm³/mol. The highest BCUT2D eigenvalue weighted by atomic mass is 32.2. The van der Waals surface area contributed by atoms with Gasteiger partial charge >= 0.3 is 0 Å². The molecule has 6 nitrogen and oxygen atoms in total. The number of nitrogens with one attached hydrogen (secondary N) is 1. The lowest BCUT2D eigenvalue weighted by atomic mass is 10.4. The quantitative estimate of drug-likeness (QED) is 0.862. The van der Waals surface area contributed by atoms with Crippen molar-refractivity contribution in [2.45, 2.75) is 24.8 Å². The van der Waals surface area contributed by atoms with Gasteiger partial charge < -0.3 is 14.6 Å². The zero-order valence-corrected chi connectivity index (χ0v) is 12.9. The van der Waals surface area contributed by atoms with E-state index in [1.807, 2.05) is 18.5 Å². The van der Waals surface area contributed by atoms with Crippen LogP contribution in [0.4, 0.5) is 0 Å². The summed E-state index contributed by atoms with van der Waals surface area (Å²) in [6.45, 7) is 5.61. The van der Waals surface area contributed by atoms with Crippen molar-refractivity contribution in [3.05, 3.63) is 18.0 Å². The molecular formula is C13H23N3O3S. The van der Waals surface area contributed by atoms with Crippen LogP contribution in [0.15, 0.2) is 17.2 Å². The Hall–Kier alpha value is -0.890. The van der Waals surface area contributed by atoms with Gasteiger partial charge in [-0.2, -0.15) is 4.31 Å². The van der Waals surface area contributed by atoms with Gasteiger partial charge in [-0.05, 0) is 19.0 Å². The number of sulfonamides is 1. The molecule has 0 unspecified atom stereocenters. The molecule has 0 saturated carbocycles. The Morgan fingerprint density at radius 2 is 2.15 bits per heavy atom. The van der Waals surface area contributed by atoms with Crippen LogP contribution < -0.4 is 5.32 Å². The van der Waals surface area contributed by atoms with E-state index in [4.69, 9.17) is 4.74 Å². The summed E-state index contributed by atoms with van der Waals surface area (Å²) in [5.74, 6) is 0. The highest BCUT2D eigenvalue weighted by Gasteiger charge is 2.26. The van der Waals surface area contributed by atoms with Crippen LogP contribution in [0.1, 0.15) is 19.0 Å². The first-order valence-electron chi connectivity index (χ1n) is 6.99. The van der Waals surface area contributed by atoms with Crippen LogP contribution in [0.3, 0.4) is 0 Å². The molecule has 1 aromatic rings. The average Bonchev–Trinajstić information content (AvgIpc) is 2.66. The summed E-state index contributed by atoms with van der Waals surface area (Å²) in [5.41, 5.74) is 0.969. The molecule has 0 bridgehead atoms. The summed E-state index contributed by atoms with van der Waals surface area (Å²) >= 11 is 0. The number of aryl methyl sites for hydroxylation is 1. The topological polar surface area (TPSA) is 63.6 Å². The Balaban J connectivity index is 2.20. The molecule has 2 rings (SSSR count). The highest BCUT2D eigenvalue weighted by Crippen LogP contribution is 2.19. The summed E-state index contributed by atoms with van der Waals surface area (Å²) < 4.78 is 33.9. The molecule has 7 heteroatoms. The molecule has 0 amide bonds. The number of aromatic nitrogens is 1. The van der Waals surface area contributed by atoms with E-state index in [1.54, 1.807) is 12.3 Å². The number of ether oxygens (including phenoxy) is 1. The van der Waals surface area contributed by atoms with E-state index in [1.165, 1.54) is 4.31 Å². The molecule has 2 heterocycles. The summed E-state index contributed by atoms with van der Waals surface area (Å²) in [7, 11) is -1.54. The van der Waals surface area contributed by atoms with E-state index < -0.39 is 10.0 Å². The Morgan fingerprint density at radius 1 is 1.35 bits per heavy atom. The molecule has 1 fully saturated rings. The first-order chi connectivity index (χ1) is 9.55. The molecule has 1 aliphatic heterocycles. The summed E-state index contributed by atoms with van der Waals surface area (Å²) in [6.07, 6.45) is 2.43. The second kappa shape index (κ2) is 6.71. The first kappa shape index (κ1) is 15.5. The molecule has 1 aliphatic rings. The molecular weight excluding hydrogens is 278 g/mol. The van der Waals surface area contributed by atoms with E-state index in [0.717, 1.165) is 18.7 Å². The van der Waals surface area contributed by atoms with Crippen LogP contribution >= 0.6 is 0 Å². The molecule has 0 radical (unpaired) electrons.